The zero-order chi connectivity index (χ0) is 17.0. The normalized spacial score (nSPS) is 16.3. The predicted octanol–water partition coefficient (Wildman–Crippen LogP) is 2.54. The van der Waals surface area contributed by atoms with E-state index in [0.717, 1.165) is 12.1 Å². The van der Waals surface area contributed by atoms with Crippen LogP contribution < -0.4 is 5.32 Å². The molecule has 0 unspecified atom stereocenters. The molecule has 23 heavy (non-hydrogen) atoms. The van der Waals surface area contributed by atoms with Crippen LogP contribution in [-0.2, 0) is 18.0 Å². The van der Waals surface area contributed by atoms with Crippen molar-refractivity contribution in [3.8, 4) is 0 Å². The Morgan fingerprint density at radius 1 is 1.26 bits per heavy atom. The molecule has 1 amide bonds. The molecule has 1 aliphatic carbocycles. The molecule has 0 atom stereocenters. The topological polar surface area (TPSA) is 71.3 Å². The van der Waals surface area contributed by atoms with Crippen molar-refractivity contribution in [2.75, 3.05) is 0 Å². The molecule has 8 heteroatoms. The highest BCUT2D eigenvalue weighted by molar-refractivity contribution is 6.01. The Morgan fingerprint density at radius 3 is 2.43 bits per heavy atom. The van der Waals surface area contributed by atoms with Crippen molar-refractivity contribution in [1.82, 2.24) is 9.88 Å². The van der Waals surface area contributed by atoms with Crippen LogP contribution in [0.4, 0.5) is 13.2 Å². The van der Waals surface area contributed by atoms with E-state index in [2.05, 4.69) is 5.32 Å². The summed E-state index contributed by atoms with van der Waals surface area (Å²) in [7, 11) is 1.55. The minimum atomic E-state index is -4.46. The number of aliphatic carboxylic acids is 1. The number of rotatable bonds is 3. The molecule has 3 rings (SSSR count). The van der Waals surface area contributed by atoms with Gasteiger partial charge in [0.2, 0.25) is 0 Å². The molecule has 5 nitrogen and oxygen atoms in total. The second kappa shape index (κ2) is 4.74. The number of carbonyl (C=O) groups excluding carboxylic acids is 1. The van der Waals surface area contributed by atoms with Gasteiger partial charge in [-0.05, 0) is 37.1 Å². The van der Waals surface area contributed by atoms with Gasteiger partial charge in [0.25, 0.3) is 5.91 Å². The maximum atomic E-state index is 12.7. The van der Waals surface area contributed by atoms with E-state index in [1.807, 2.05) is 0 Å². The van der Waals surface area contributed by atoms with E-state index in [0.29, 0.717) is 18.4 Å². The number of carbonyl (C=O) groups is 2. The molecular formula is C15H13F3N2O3. The van der Waals surface area contributed by atoms with Crippen LogP contribution in [0.25, 0.3) is 10.9 Å². The number of hydrogen-bond donors (Lipinski definition) is 2. The monoisotopic (exact) mass is 326 g/mol. The van der Waals surface area contributed by atoms with Crippen LogP contribution >= 0.6 is 0 Å². The second-order valence-corrected chi connectivity index (χ2v) is 5.70. The lowest BCUT2D eigenvalue weighted by Crippen LogP contribution is -2.43. The Labute approximate surface area is 128 Å². The fraction of sp³-hybridized carbons (Fsp3) is 0.333. The van der Waals surface area contributed by atoms with E-state index in [-0.39, 0.29) is 11.1 Å². The first-order valence-corrected chi connectivity index (χ1v) is 6.87. The van der Waals surface area contributed by atoms with Gasteiger partial charge >= 0.3 is 12.1 Å². The predicted molar refractivity (Wildman–Crippen MR) is 75.0 cm³/mol. The number of carboxylic acids is 1. The van der Waals surface area contributed by atoms with Crippen LogP contribution in [0, 0.1) is 0 Å². The van der Waals surface area contributed by atoms with Crippen molar-refractivity contribution in [3.05, 3.63) is 35.5 Å². The number of hydrogen-bond acceptors (Lipinski definition) is 2. The number of alkyl halides is 3. The zero-order valence-electron chi connectivity index (χ0n) is 12.1. The van der Waals surface area contributed by atoms with Crippen molar-refractivity contribution in [3.63, 3.8) is 0 Å². The molecule has 1 aliphatic rings. The van der Waals surface area contributed by atoms with Crippen molar-refractivity contribution in [2.45, 2.75) is 24.6 Å². The minimum Gasteiger partial charge on any atom is -0.480 e. The van der Waals surface area contributed by atoms with Gasteiger partial charge in [0, 0.05) is 18.0 Å². The lowest BCUT2D eigenvalue weighted by Gasteiger charge is -2.12. The number of carboxylic acid groups (broad SMARTS) is 1. The summed E-state index contributed by atoms with van der Waals surface area (Å²) in [5.74, 6) is -1.72. The summed E-state index contributed by atoms with van der Waals surface area (Å²) in [5, 5.41) is 11.8. The van der Waals surface area contributed by atoms with Crippen LogP contribution in [0.2, 0.25) is 0 Å². The zero-order valence-corrected chi connectivity index (χ0v) is 12.1. The third-order valence-electron chi connectivity index (χ3n) is 4.11. The molecule has 0 bridgehead atoms. The number of nitrogens with zero attached hydrogens (tertiary/aromatic N) is 1. The summed E-state index contributed by atoms with van der Waals surface area (Å²) < 4.78 is 39.7. The van der Waals surface area contributed by atoms with Gasteiger partial charge in [-0.15, -0.1) is 0 Å². The molecular weight excluding hydrogens is 313 g/mol. The molecule has 122 valence electrons. The van der Waals surface area contributed by atoms with Gasteiger partial charge in [-0.3, -0.25) is 4.79 Å². The van der Waals surface area contributed by atoms with Gasteiger partial charge in [-0.1, -0.05) is 0 Å². The van der Waals surface area contributed by atoms with Gasteiger partial charge in [0.1, 0.15) is 11.2 Å². The Morgan fingerprint density at radius 2 is 1.91 bits per heavy atom. The van der Waals surface area contributed by atoms with E-state index in [4.69, 9.17) is 5.11 Å². The molecule has 1 saturated carbocycles. The lowest BCUT2D eigenvalue weighted by atomic mass is 10.1. The molecule has 0 spiro atoms. The summed E-state index contributed by atoms with van der Waals surface area (Å²) in [6.07, 6.45) is -3.78. The molecule has 1 fully saturated rings. The van der Waals surface area contributed by atoms with Crippen LogP contribution in [0.5, 0.6) is 0 Å². The summed E-state index contributed by atoms with van der Waals surface area (Å²) in [5.41, 5.74) is -1.47. The third kappa shape index (κ3) is 2.54. The second-order valence-electron chi connectivity index (χ2n) is 5.70. The fourth-order valence-corrected chi connectivity index (χ4v) is 2.54. The number of amides is 1. The highest BCUT2D eigenvalue weighted by Gasteiger charge is 2.51. The highest BCUT2D eigenvalue weighted by Crippen LogP contribution is 2.36. The quantitative estimate of drug-likeness (QED) is 0.910. The molecule has 0 saturated heterocycles. The van der Waals surface area contributed by atoms with Crippen molar-refractivity contribution < 1.29 is 27.9 Å². The molecule has 0 aliphatic heterocycles. The average molecular weight is 326 g/mol. The maximum absolute atomic E-state index is 12.7. The van der Waals surface area contributed by atoms with Crippen LogP contribution in [0.1, 0.15) is 28.9 Å². The van der Waals surface area contributed by atoms with Crippen LogP contribution in [0.15, 0.2) is 24.3 Å². The first-order valence-electron chi connectivity index (χ1n) is 6.87. The number of aromatic nitrogens is 1. The Kier molecular flexibility index (Phi) is 3.17. The van der Waals surface area contributed by atoms with E-state index >= 15 is 0 Å². The van der Waals surface area contributed by atoms with Crippen LogP contribution in [-0.4, -0.2) is 27.1 Å². The number of fused-ring (bicyclic) bond motifs is 1. The highest BCUT2D eigenvalue weighted by atomic mass is 19.4. The number of aryl methyl sites for hydroxylation is 1. The third-order valence-corrected chi connectivity index (χ3v) is 4.11. The first-order chi connectivity index (χ1) is 10.6. The van der Waals surface area contributed by atoms with Crippen molar-refractivity contribution in [1.29, 1.82) is 0 Å². The Bertz CT molecular complexity index is 819. The van der Waals surface area contributed by atoms with E-state index < -0.39 is 29.2 Å². The van der Waals surface area contributed by atoms with Gasteiger partial charge in [-0.2, -0.15) is 13.2 Å². The number of nitrogens with one attached hydrogen (secondary N) is 1. The average Bonchev–Trinajstić information content (AvgIpc) is 3.16. The lowest BCUT2D eigenvalue weighted by molar-refractivity contribution is -0.140. The Balaban J connectivity index is 1.97. The van der Waals surface area contributed by atoms with Crippen molar-refractivity contribution >= 4 is 22.8 Å². The van der Waals surface area contributed by atoms with Gasteiger partial charge in [0.05, 0.1) is 5.56 Å². The molecule has 1 aromatic carbocycles. The van der Waals surface area contributed by atoms with E-state index in [1.54, 1.807) is 7.05 Å². The molecule has 0 radical (unpaired) electrons. The molecule has 1 heterocycles. The number of halogens is 3. The Hall–Kier alpha value is -2.51. The van der Waals surface area contributed by atoms with Gasteiger partial charge in [-0.25, -0.2) is 4.79 Å². The summed E-state index contributed by atoms with van der Waals surface area (Å²) >= 11 is 0. The van der Waals surface area contributed by atoms with E-state index in [9.17, 15) is 22.8 Å². The SMILES string of the molecule is Cn1c(C(=O)NC2(C(=O)O)CC2)cc2cc(C(F)(F)F)ccc21. The van der Waals surface area contributed by atoms with Crippen molar-refractivity contribution in [2.24, 2.45) is 7.05 Å². The number of benzene rings is 1. The van der Waals surface area contributed by atoms with E-state index in [1.165, 1.54) is 16.7 Å². The smallest absolute Gasteiger partial charge is 0.416 e. The minimum absolute atomic E-state index is 0.117. The van der Waals surface area contributed by atoms with Crippen LogP contribution in [0.3, 0.4) is 0 Å². The fourth-order valence-electron chi connectivity index (χ4n) is 2.54. The molecule has 2 N–H and O–H groups in total. The van der Waals surface area contributed by atoms with Gasteiger partial charge in [0.15, 0.2) is 0 Å². The summed E-state index contributed by atoms with van der Waals surface area (Å²) in [4.78, 5) is 23.4. The summed E-state index contributed by atoms with van der Waals surface area (Å²) in [6.45, 7) is 0. The molecule has 1 aromatic heterocycles. The van der Waals surface area contributed by atoms with Gasteiger partial charge < -0.3 is 15.0 Å². The maximum Gasteiger partial charge on any atom is 0.416 e. The summed E-state index contributed by atoms with van der Waals surface area (Å²) in [6, 6.07) is 4.54. The molecule has 2 aromatic rings. The standard InChI is InChI=1S/C15H13F3N2O3/c1-20-10-3-2-9(15(16,17)18)6-8(10)7-11(20)12(21)19-14(4-5-14)13(22)23/h2-3,6-7H,4-5H2,1H3,(H,19,21)(H,22,23). The first kappa shape index (κ1) is 15.4. The largest absolute Gasteiger partial charge is 0.480 e.